The van der Waals surface area contributed by atoms with Gasteiger partial charge in [0.25, 0.3) is 5.91 Å². The van der Waals surface area contributed by atoms with E-state index in [1.807, 2.05) is 45.0 Å². The number of carbonyl (C=O) groups is 2. The number of rotatable bonds is 5. The lowest BCUT2D eigenvalue weighted by Crippen LogP contribution is -2.55. The molecule has 0 aromatic heterocycles. The van der Waals surface area contributed by atoms with E-state index in [1.165, 1.54) is 0 Å². The maximum Gasteiger partial charge on any atom is 0.329 e. The highest BCUT2D eigenvalue weighted by Crippen LogP contribution is 2.35. The summed E-state index contributed by atoms with van der Waals surface area (Å²) in [5, 5.41) is 3.28. The first kappa shape index (κ1) is 16.3. The summed E-state index contributed by atoms with van der Waals surface area (Å²) in [7, 11) is 0. The Morgan fingerprint density at radius 2 is 2.00 bits per heavy atom. The molecule has 2 rings (SSSR count). The van der Waals surface area contributed by atoms with Crippen LogP contribution in [0.1, 0.15) is 34.1 Å². The van der Waals surface area contributed by atoms with Crippen molar-refractivity contribution in [2.24, 2.45) is 5.92 Å². The Bertz CT molecular complexity index is 557. The van der Waals surface area contributed by atoms with E-state index < -0.39 is 6.04 Å². The molecule has 1 aliphatic rings. The number of esters is 1. The Morgan fingerprint density at radius 3 is 2.59 bits per heavy atom. The molecular weight excluding hydrogens is 280 g/mol. The average molecular weight is 304 g/mol. The van der Waals surface area contributed by atoms with Crippen LogP contribution in [0.2, 0.25) is 0 Å². The molecule has 2 unspecified atom stereocenters. The van der Waals surface area contributed by atoms with Crippen molar-refractivity contribution in [1.29, 1.82) is 0 Å². The van der Waals surface area contributed by atoms with E-state index in [0.717, 1.165) is 11.4 Å². The van der Waals surface area contributed by atoms with Gasteiger partial charge in [0.2, 0.25) is 0 Å². The lowest BCUT2D eigenvalue weighted by molar-refractivity contribution is -0.146. The highest BCUT2D eigenvalue weighted by molar-refractivity contribution is 6.08. The van der Waals surface area contributed by atoms with E-state index in [9.17, 15) is 9.59 Å². The van der Waals surface area contributed by atoms with Crippen LogP contribution in [0.3, 0.4) is 0 Å². The highest BCUT2D eigenvalue weighted by Gasteiger charge is 2.40. The summed E-state index contributed by atoms with van der Waals surface area (Å²) in [6.45, 7) is 7.96. The maximum atomic E-state index is 12.9. The van der Waals surface area contributed by atoms with Crippen molar-refractivity contribution in [3.8, 4) is 0 Å². The third-order valence-corrected chi connectivity index (χ3v) is 3.90. The van der Waals surface area contributed by atoms with Crippen LogP contribution in [0.4, 0.5) is 11.4 Å². The quantitative estimate of drug-likeness (QED) is 0.850. The fourth-order valence-corrected chi connectivity index (χ4v) is 2.77. The zero-order valence-corrected chi connectivity index (χ0v) is 13.6. The molecule has 2 atom stereocenters. The molecule has 0 saturated carbocycles. The van der Waals surface area contributed by atoms with E-state index in [4.69, 9.17) is 4.74 Å². The molecule has 120 valence electrons. The number of hydrogen-bond donors (Lipinski definition) is 1. The molecule has 5 heteroatoms. The summed E-state index contributed by atoms with van der Waals surface area (Å²) in [6.07, 6.45) is 0.518. The van der Waals surface area contributed by atoms with Gasteiger partial charge < -0.3 is 10.1 Å². The van der Waals surface area contributed by atoms with Gasteiger partial charge in [0, 0.05) is 0 Å². The summed E-state index contributed by atoms with van der Waals surface area (Å²) in [5.74, 6) is -0.297. The SMILES string of the molecule is CCOC(=O)C(CC)N1C(=O)C(C(C)C)Nc2ccccc21. The molecule has 0 spiro atoms. The van der Waals surface area contributed by atoms with E-state index in [0.29, 0.717) is 13.0 Å². The molecule has 1 amide bonds. The van der Waals surface area contributed by atoms with Crippen molar-refractivity contribution in [2.75, 3.05) is 16.8 Å². The van der Waals surface area contributed by atoms with Crippen molar-refractivity contribution in [2.45, 2.75) is 46.2 Å². The van der Waals surface area contributed by atoms with Crippen molar-refractivity contribution in [3.05, 3.63) is 24.3 Å². The number of benzene rings is 1. The van der Waals surface area contributed by atoms with Gasteiger partial charge in [-0.15, -0.1) is 0 Å². The van der Waals surface area contributed by atoms with Crippen LogP contribution < -0.4 is 10.2 Å². The number of nitrogens with zero attached hydrogens (tertiary/aromatic N) is 1. The number of fused-ring (bicyclic) bond motifs is 1. The van der Waals surface area contributed by atoms with E-state index in [-0.39, 0.29) is 23.8 Å². The second-order valence-corrected chi connectivity index (χ2v) is 5.77. The zero-order chi connectivity index (χ0) is 16.3. The number of ether oxygens (including phenoxy) is 1. The van der Waals surface area contributed by atoms with Gasteiger partial charge in [-0.25, -0.2) is 4.79 Å². The number of anilines is 2. The van der Waals surface area contributed by atoms with Crippen LogP contribution in [-0.2, 0) is 14.3 Å². The second kappa shape index (κ2) is 6.81. The fraction of sp³-hybridized carbons (Fsp3) is 0.529. The molecule has 0 fully saturated rings. The average Bonchev–Trinajstić information content (AvgIpc) is 2.49. The largest absolute Gasteiger partial charge is 0.464 e. The van der Waals surface area contributed by atoms with Crippen LogP contribution in [-0.4, -0.2) is 30.6 Å². The van der Waals surface area contributed by atoms with Crippen molar-refractivity contribution < 1.29 is 14.3 Å². The molecule has 0 bridgehead atoms. The molecule has 1 aromatic carbocycles. The minimum Gasteiger partial charge on any atom is -0.464 e. The monoisotopic (exact) mass is 304 g/mol. The lowest BCUT2D eigenvalue weighted by Gasteiger charge is -2.40. The fourth-order valence-electron chi connectivity index (χ4n) is 2.77. The minimum atomic E-state index is -0.586. The predicted octanol–water partition coefficient (Wildman–Crippen LogP) is 2.81. The molecule has 22 heavy (non-hydrogen) atoms. The number of carbonyl (C=O) groups excluding carboxylic acids is 2. The molecule has 1 heterocycles. The van der Waals surface area contributed by atoms with Crippen LogP contribution in [0.5, 0.6) is 0 Å². The summed E-state index contributed by atoms with van der Waals surface area (Å²) in [5.41, 5.74) is 1.62. The van der Waals surface area contributed by atoms with Gasteiger partial charge in [-0.1, -0.05) is 32.9 Å². The van der Waals surface area contributed by atoms with Crippen molar-refractivity contribution >= 4 is 23.3 Å². The smallest absolute Gasteiger partial charge is 0.329 e. The van der Waals surface area contributed by atoms with Gasteiger partial charge in [0.05, 0.1) is 18.0 Å². The van der Waals surface area contributed by atoms with Gasteiger partial charge in [-0.05, 0) is 31.4 Å². The summed E-state index contributed by atoms with van der Waals surface area (Å²) in [4.78, 5) is 26.8. The van der Waals surface area contributed by atoms with Crippen molar-refractivity contribution in [3.63, 3.8) is 0 Å². The number of amides is 1. The van der Waals surface area contributed by atoms with Crippen LogP contribution >= 0.6 is 0 Å². The third kappa shape index (κ3) is 2.93. The molecule has 1 aromatic rings. The summed E-state index contributed by atoms with van der Waals surface area (Å²) in [6, 6.07) is 6.66. The van der Waals surface area contributed by atoms with Gasteiger partial charge in [-0.2, -0.15) is 0 Å². The molecule has 5 nitrogen and oxygen atoms in total. The maximum absolute atomic E-state index is 12.9. The Labute approximate surface area is 131 Å². The van der Waals surface area contributed by atoms with Gasteiger partial charge in [0.1, 0.15) is 12.1 Å². The normalized spacial score (nSPS) is 18.7. The van der Waals surface area contributed by atoms with E-state index in [1.54, 1.807) is 11.8 Å². The minimum absolute atomic E-state index is 0.0754. The Kier molecular flexibility index (Phi) is 5.06. The number of para-hydroxylation sites is 2. The molecule has 1 aliphatic heterocycles. The van der Waals surface area contributed by atoms with Crippen molar-refractivity contribution in [1.82, 2.24) is 0 Å². The molecular formula is C17H24N2O3. The number of nitrogens with one attached hydrogen (secondary N) is 1. The topological polar surface area (TPSA) is 58.6 Å². The molecule has 0 radical (unpaired) electrons. The van der Waals surface area contributed by atoms with Crippen LogP contribution in [0.15, 0.2) is 24.3 Å². The van der Waals surface area contributed by atoms with E-state index >= 15 is 0 Å². The first-order valence-corrected chi connectivity index (χ1v) is 7.86. The first-order chi connectivity index (χ1) is 10.5. The zero-order valence-electron chi connectivity index (χ0n) is 13.6. The summed E-state index contributed by atoms with van der Waals surface area (Å²) >= 11 is 0. The van der Waals surface area contributed by atoms with E-state index in [2.05, 4.69) is 5.32 Å². The standard InChI is InChI=1S/C17H24N2O3/c1-5-13(17(21)22-6-2)19-14-10-8-7-9-12(14)18-15(11(3)4)16(19)20/h7-11,13,15,18H,5-6H2,1-4H3. The lowest BCUT2D eigenvalue weighted by atomic mass is 9.97. The Balaban J connectivity index is 2.46. The Morgan fingerprint density at radius 1 is 1.32 bits per heavy atom. The van der Waals surface area contributed by atoms with Crippen LogP contribution in [0.25, 0.3) is 0 Å². The van der Waals surface area contributed by atoms with Gasteiger partial charge in [-0.3, -0.25) is 9.69 Å². The first-order valence-electron chi connectivity index (χ1n) is 7.86. The van der Waals surface area contributed by atoms with Crippen LogP contribution in [0, 0.1) is 5.92 Å². The van der Waals surface area contributed by atoms with Gasteiger partial charge in [0.15, 0.2) is 0 Å². The second-order valence-electron chi connectivity index (χ2n) is 5.77. The van der Waals surface area contributed by atoms with Gasteiger partial charge >= 0.3 is 5.97 Å². The molecule has 0 saturated heterocycles. The predicted molar refractivity (Wildman–Crippen MR) is 86.9 cm³/mol. The third-order valence-electron chi connectivity index (χ3n) is 3.90. The Hall–Kier alpha value is -2.04. The summed E-state index contributed by atoms with van der Waals surface area (Å²) < 4.78 is 5.15. The molecule has 1 N–H and O–H groups in total. The highest BCUT2D eigenvalue weighted by atomic mass is 16.5. The molecule has 0 aliphatic carbocycles. The number of hydrogen-bond acceptors (Lipinski definition) is 4.